The minimum Gasteiger partial charge on any atom is -0.393 e. The Balaban J connectivity index is 1.46. The smallest absolute Gasteiger partial charge is 0.0726 e. The molecule has 0 heterocycles. The second-order valence-corrected chi connectivity index (χ2v) is 13.7. The third-order valence-electron chi connectivity index (χ3n) is 9.37. The van der Waals surface area contributed by atoms with Crippen molar-refractivity contribution in [1.82, 2.24) is 0 Å². The van der Waals surface area contributed by atoms with E-state index in [9.17, 15) is 14.4 Å². The molecule has 188 valence electrons. The number of hydrogen-bond acceptors (Lipinski definition) is 4. The first-order valence-electron chi connectivity index (χ1n) is 13.2. The van der Waals surface area contributed by atoms with Crippen molar-refractivity contribution in [2.75, 3.05) is 5.75 Å². The van der Waals surface area contributed by atoms with Crippen molar-refractivity contribution in [2.24, 2.45) is 29.1 Å². The minimum absolute atomic E-state index is 0.107. The number of nitrogens with one attached hydrogen (secondary N) is 1. The number of benzene rings is 1. The van der Waals surface area contributed by atoms with E-state index in [1.54, 1.807) is 0 Å². The molecule has 3 aliphatic rings. The number of allylic oxidation sites excluding steroid dienone is 3. The highest BCUT2D eigenvalue weighted by Gasteiger charge is 2.50. The van der Waals surface area contributed by atoms with Crippen molar-refractivity contribution in [1.29, 1.82) is 4.78 Å². The molecule has 5 heteroatoms. The second kappa shape index (κ2) is 10.3. The number of hydrogen-bond donors (Lipinski definition) is 3. The molecule has 0 aromatic heterocycles. The van der Waals surface area contributed by atoms with E-state index in [1.165, 1.54) is 36.8 Å². The largest absolute Gasteiger partial charge is 0.393 e. The average molecular weight is 486 g/mol. The third-order valence-corrected chi connectivity index (χ3v) is 11.2. The molecule has 3 fully saturated rings. The summed E-state index contributed by atoms with van der Waals surface area (Å²) >= 11 is 0. The topological polar surface area (TPSA) is 81.4 Å². The Labute approximate surface area is 206 Å². The van der Waals surface area contributed by atoms with Gasteiger partial charge in [-0.1, -0.05) is 62.3 Å². The summed E-state index contributed by atoms with van der Waals surface area (Å²) in [5, 5.41) is 20.4. The summed E-state index contributed by atoms with van der Waals surface area (Å²) in [5.41, 5.74) is 2.96. The molecule has 0 radical (unpaired) electrons. The van der Waals surface area contributed by atoms with Crippen LogP contribution in [-0.2, 0) is 9.73 Å². The van der Waals surface area contributed by atoms with Crippen LogP contribution in [0.25, 0.3) is 0 Å². The Bertz CT molecular complexity index is 1020. The zero-order chi connectivity index (χ0) is 24.5. The van der Waals surface area contributed by atoms with Crippen LogP contribution in [0.5, 0.6) is 0 Å². The van der Waals surface area contributed by atoms with Gasteiger partial charge in [0.15, 0.2) is 0 Å². The van der Waals surface area contributed by atoms with Crippen LogP contribution in [0.4, 0.5) is 0 Å². The van der Waals surface area contributed by atoms with Gasteiger partial charge in [-0.3, -0.25) is 0 Å². The zero-order valence-electron chi connectivity index (χ0n) is 21.1. The molecule has 0 amide bonds. The van der Waals surface area contributed by atoms with E-state index in [0.717, 1.165) is 12.8 Å². The van der Waals surface area contributed by atoms with Crippen LogP contribution in [0.15, 0.2) is 58.5 Å². The highest BCUT2D eigenvalue weighted by atomic mass is 32.2. The Morgan fingerprint density at radius 2 is 1.88 bits per heavy atom. The number of fused-ring (bicyclic) bond motifs is 1. The Kier molecular flexibility index (Phi) is 7.76. The maximum absolute atomic E-state index is 13.0. The van der Waals surface area contributed by atoms with Crippen LogP contribution in [-0.4, -0.2) is 32.4 Å². The van der Waals surface area contributed by atoms with Crippen LogP contribution >= 0.6 is 0 Å². The molecule has 2 unspecified atom stereocenters. The summed E-state index contributed by atoms with van der Waals surface area (Å²) < 4.78 is 21.5. The number of aliphatic hydroxyl groups is 2. The Hall–Kier alpha value is -1.43. The molecular formula is C29H43NO3S. The van der Waals surface area contributed by atoms with Crippen molar-refractivity contribution in [2.45, 2.75) is 89.2 Å². The van der Waals surface area contributed by atoms with Crippen LogP contribution < -0.4 is 0 Å². The van der Waals surface area contributed by atoms with Gasteiger partial charge in [0.1, 0.15) is 0 Å². The lowest BCUT2D eigenvalue weighted by molar-refractivity contribution is 0.0333. The lowest BCUT2D eigenvalue weighted by Gasteiger charge is -2.44. The first-order valence-corrected chi connectivity index (χ1v) is 14.9. The van der Waals surface area contributed by atoms with Crippen molar-refractivity contribution >= 4 is 9.73 Å². The van der Waals surface area contributed by atoms with E-state index in [4.69, 9.17) is 4.78 Å². The first-order chi connectivity index (χ1) is 16.1. The van der Waals surface area contributed by atoms with Gasteiger partial charge in [0.25, 0.3) is 0 Å². The lowest BCUT2D eigenvalue weighted by atomic mass is 9.61. The Morgan fingerprint density at radius 1 is 1.18 bits per heavy atom. The van der Waals surface area contributed by atoms with Gasteiger partial charge in [-0.05, 0) is 80.2 Å². The van der Waals surface area contributed by atoms with Crippen LogP contribution in [0.3, 0.4) is 0 Å². The van der Waals surface area contributed by atoms with Gasteiger partial charge in [-0.25, -0.2) is 8.99 Å². The summed E-state index contributed by atoms with van der Waals surface area (Å²) in [6.45, 7) is 6.85. The molecule has 0 bridgehead atoms. The molecular weight excluding hydrogens is 442 g/mol. The fourth-order valence-corrected chi connectivity index (χ4v) is 8.77. The van der Waals surface area contributed by atoms with E-state index in [0.29, 0.717) is 41.2 Å². The molecule has 3 N–H and O–H groups in total. The summed E-state index contributed by atoms with van der Waals surface area (Å²) in [4.78, 5) is 0.654. The standard InChI is InChI=1S/C29H43NO3S/c1-20(15-17-34(30,33)25-9-5-4-6-10-25)26-13-14-27-22(8-7-16-29(26,27)3)11-12-23-18-24(31)19-28(32)21(23)2/h4-6,9-12,20-21,24,26-28,30-32H,7-8,13-19H2,1-3H3/b22-11+,23-12-/t20-,21?,24-,26-,27+,28+,29-,34?/m1/s1. The maximum atomic E-state index is 13.0. The second-order valence-electron chi connectivity index (χ2n) is 11.5. The Morgan fingerprint density at radius 3 is 2.62 bits per heavy atom. The van der Waals surface area contributed by atoms with E-state index >= 15 is 0 Å². The van der Waals surface area contributed by atoms with Gasteiger partial charge in [0.2, 0.25) is 0 Å². The van der Waals surface area contributed by atoms with Crippen LogP contribution in [0.1, 0.15) is 72.1 Å². The van der Waals surface area contributed by atoms with Crippen LogP contribution in [0.2, 0.25) is 0 Å². The summed E-state index contributed by atoms with van der Waals surface area (Å²) in [5.74, 6) is 2.17. The predicted molar refractivity (Wildman–Crippen MR) is 139 cm³/mol. The molecule has 1 aromatic carbocycles. The van der Waals surface area contributed by atoms with Gasteiger partial charge < -0.3 is 10.2 Å². The first kappa shape index (κ1) is 25.7. The molecule has 3 saturated carbocycles. The number of rotatable bonds is 6. The van der Waals surface area contributed by atoms with Crippen molar-refractivity contribution in [3.8, 4) is 0 Å². The maximum Gasteiger partial charge on any atom is 0.0726 e. The number of aliphatic hydroxyl groups excluding tert-OH is 2. The molecule has 34 heavy (non-hydrogen) atoms. The minimum atomic E-state index is -2.74. The summed E-state index contributed by atoms with van der Waals surface area (Å²) in [7, 11) is -2.74. The van der Waals surface area contributed by atoms with Gasteiger partial charge in [0.05, 0.1) is 21.9 Å². The van der Waals surface area contributed by atoms with Crippen LogP contribution in [0, 0.1) is 33.9 Å². The van der Waals surface area contributed by atoms with Gasteiger partial charge >= 0.3 is 0 Å². The highest BCUT2D eigenvalue weighted by Crippen LogP contribution is 2.59. The van der Waals surface area contributed by atoms with Gasteiger partial charge in [-0.15, -0.1) is 0 Å². The van der Waals surface area contributed by atoms with Crippen molar-refractivity contribution < 1.29 is 14.4 Å². The molecule has 0 aliphatic heterocycles. The predicted octanol–water partition coefficient (Wildman–Crippen LogP) is 6.34. The molecule has 0 saturated heterocycles. The zero-order valence-corrected chi connectivity index (χ0v) is 21.9. The molecule has 0 spiro atoms. The summed E-state index contributed by atoms with van der Waals surface area (Å²) in [6, 6.07) is 9.30. The normalized spacial score (nSPS) is 39.0. The average Bonchev–Trinajstić information content (AvgIpc) is 3.17. The van der Waals surface area contributed by atoms with E-state index in [2.05, 4.69) is 32.9 Å². The fraction of sp³-hybridized carbons (Fsp3) is 0.655. The fourth-order valence-electron chi connectivity index (χ4n) is 7.23. The SMILES string of the molecule is CC1/C(=C\C=C2/CCC[C@]3(C)[C@@H]([C@H](C)CCS(=N)(=O)c4ccccc4)CC[C@@H]23)C[C@@H](O)C[C@@H]1O. The van der Waals surface area contributed by atoms with E-state index in [-0.39, 0.29) is 11.3 Å². The van der Waals surface area contributed by atoms with Crippen molar-refractivity contribution in [3.63, 3.8) is 0 Å². The molecule has 4 rings (SSSR count). The van der Waals surface area contributed by atoms with Gasteiger partial charge in [-0.2, -0.15) is 0 Å². The molecule has 8 atom stereocenters. The summed E-state index contributed by atoms with van der Waals surface area (Å²) in [6.07, 6.45) is 11.6. The quantitative estimate of drug-likeness (QED) is 0.440. The molecule has 4 nitrogen and oxygen atoms in total. The third kappa shape index (κ3) is 5.22. The lowest BCUT2D eigenvalue weighted by Crippen LogP contribution is -2.36. The highest BCUT2D eigenvalue weighted by molar-refractivity contribution is 7.92. The van der Waals surface area contributed by atoms with Gasteiger partial charge in [0, 0.05) is 23.0 Å². The van der Waals surface area contributed by atoms with Crippen molar-refractivity contribution in [3.05, 3.63) is 53.6 Å². The van der Waals surface area contributed by atoms with E-state index < -0.39 is 21.9 Å². The molecule has 3 aliphatic carbocycles. The molecule has 1 aromatic rings. The van der Waals surface area contributed by atoms with E-state index in [1.807, 2.05) is 30.3 Å². The monoisotopic (exact) mass is 485 g/mol.